The largest absolute Gasteiger partial charge is 0.495 e. The van der Waals surface area contributed by atoms with Gasteiger partial charge in [0, 0.05) is 11.1 Å². The lowest BCUT2D eigenvalue weighted by Gasteiger charge is -2.15. The number of alkyl halides is 4. The summed E-state index contributed by atoms with van der Waals surface area (Å²) < 4.78 is 41.4. The summed E-state index contributed by atoms with van der Waals surface area (Å²) >= 11 is 17.3. The molecule has 0 bridgehead atoms. The monoisotopic (exact) mass is 306 g/mol. The van der Waals surface area contributed by atoms with Crippen LogP contribution < -0.4 is 4.74 Å². The first-order valence-electron chi connectivity index (χ1n) is 4.48. The third-order valence-electron chi connectivity index (χ3n) is 2.02. The molecular formula is C10H8Cl3F3O. The van der Waals surface area contributed by atoms with Crippen LogP contribution in [0.15, 0.2) is 12.1 Å². The van der Waals surface area contributed by atoms with Crippen LogP contribution in [0.3, 0.4) is 0 Å². The van der Waals surface area contributed by atoms with Gasteiger partial charge in [-0.2, -0.15) is 13.2 Å². The van der Waals surface area contributed by atoms with Crippen molar-refractivity contribution in [1.29, 1.82) is 0 Å². The fourth-order valence-corrected chi connectivity index (χ4v) is 2.20. The summed E-state index contributed by atoms with van der Waals surface area (Å²) in [5.74, 6) is 0.288. The molecule has 0 spiro atoms. The van der Waals surface area contributed by atoms with Gasteiger partial charge in [-0.1, -0.05) is 23.2 Å². The van der Waals surface area contributed by atoms with E-state index in [9.17, 15) is 13.2 Å². The van der Waals surface area contributed by atoms with Crippen LogP contribution in [0.2, 0.25) is 10.0 Å². The minimum Gasteiger partial charge on any atom is -0.495 e. The van der Waals surface area contributed by atoms with E-state index < -0.39 is 18.0 Å². The Morgan fingerprint density at radius 1 is 1.24 bits per heavy atom. The van der Waals surface area contributed by atoms with Crippen molar-refractivity contribution in [3.63, 3.8) is 0 Å². The van der Waals surface area contributed by atoms with Gasteiger partial charge in [-0.05, 0) is 11.6 Å². The molecule has 0 heterocycles. The Morgan fingerprint density at radius 3 is 2.29 bits per heavy atom. The summed E-state index contributed by atoms with van der Waals surface area (Å²) in [7, 11) is 1.38. The molecular weight excluding hydrogens is 299 g/mol. The predicted octanol–water partition coefficient (Wildman–Crippen LogP) is 5.23. The van der Waals surface area contributed by atoms with Gasteiger partial charge in [-0.25, -0.2) is 0 Å². The Morgan fingerprint density at radius 2 is 1.82 bits per heavy atom. The van der Waals surface area contributed by atoms with E-state index in [0.717, 1.165) is 0 Å². The summed E-state index contributed by atoms with van der Waals surface area (Å²) in [6.45, 7) is 0. The van der Waals surface area contributed by atoms with Gasteiger partial charge >= 0.3 is 6.18 Å². The van der Waals surface area contributed by atoms with E-state index in [1.54, 1.807) is 0 Å². The second-order valence-electron chi connectivity index (χ2n) is 3.30. The van der Waals surface area contributed by atoms with Gasteiger partial charge < -0.3 is 4.74 Å². The van der Waals surface area contributed by atoms with Crippen molar-refractivity contribution in [3.8, 4) is 5.75 Å². The van der Waals surface area contributed by atoms with Gasteiger partial charge in [-0.15, -0.1) is 11.6 Å². The van der Waals surface area contributed by atoms with E-state index >= 15 is 0 Å². The van der Waals surface area contributed by atoms with E-state index in [0.29, 0.717) is 0 Å². The first-order chi connectivity index (χ1) is 7.74. The standard InChI is InChI=1S/C10H8Cl3F3O/c1-17-9-3-6(11)5(2-7(9)12)8(13)4-10(14,15)16/h2-3,8H,4H2,1H3. The molecule has 0 aromatic heterocycles. The maximum absolute atomic E-state index is 12.2. The fourth-order valence-electron chi connectivity index (χ4n) is 1.25. The SMILES string of the molecule is COc1cc(Cl)c(C(Cl)CC(F)(F)F)cc1Cl. The zero-order valence-electron chi connectivity index (χ0n) is 8.62. The molecule has 17 heavy (non-hydrogen) atoms. The van der Waals surface area contributed by atoms with Crippen LogP contribution in [0, 0.1) is 0 Å². The van der Waals surface area contributed by atoms with Gasteiger partial charge in [0.2, 0.25) is 0 Å². The number of hydrogen-bond acceptors (Lipinski definition) is 1. The van der Waals surface area contributed by atoms with Crippen LogP contribution in [0.5, 0.6) is 5.75 Å². The lowest BCUT2D eigenvalue weighted by molar-refractivity contribution is -0.134. The van der Waals surface area contributed by atoms with Crippen LogP contribution in [-0.2, 0) is 0 Å². The molecule has 1 aromatic carbocycles. The van der Waals surface area contributed by atoms with Crippen LogP contribution >= 0.6 is 34.8 Å². The lowest BCUT2D eigenvalue weighted by Crippen LogP contribution is -2.11. The Balaban J connectivity index is 3.02. The molecule has 1 unspecified atom stereocenters. The minimum atomic E-state index is -4.36. The smallest absolute Gasteiger partial charge is 0.390 e. The summed E-state index contributed by atoms with van der Waals surface area (Å²) in [5, 5.41) is -1.01. The average molecular weight is 308 g/mol. The minimum absolute atomic E-state index is 0.0931. The number of benzene rings is 1. The van der Waals surface area contributed by atoms with Crippen molar-refractivity contribution in [2.24, 2.45) is 0 Å². The molecule has 0 amide bonds. The van der Waals surface area contributed by atoms with E-state index in [1.165, 1.54) is 19.2 Å². The van der Waals surface area contributed by atoms with Crippen LogP contribution in [0.25, 0.3) is 0 Å². The molecule has 0 saturated carbocycles. The summed E-state index contributed by atoms with van der Waals surface area (Å²) in [6.07, 6.45) is -5.53. The van der Waals surface area contributed by atoms with Gasteiger partial charge in [-0.3, -0.25) is 0 Å². The molecule has 0 aliphatic heterocycles. The number of methoxy groups -OCH3 is 1. The molecule has 0 N–H and O–H groups in total. The maximum atomic E-state index is 12.2. The normalized spacial score (nSPS) is 13.6. The zero-order valence-corrected chi connectivity index (χ0v) is 10.9. The zero-order chi connectivity index (χ0) is 13.2. The number of ether oxygens (including phenoxy) is 1. The highest BCUT2D eigenvalue weighted by atomic mass is 35.5. The molecule has 1 rings (SSSR count). The van der Waals surface area contributed by atoms with E-state index in [-0.39, 0.29) is 21.4 Å². The Hall–Kier alpha value is -0.320. The third-order valence-corrected chi connectivity index (χ3v) is 3.03. The van der Waals surface area contributed by atoms with Crippen molar-refractivity contribution in [3.05, 3.63) is 27.7 Å². The van der Waals surface area contributed by atoms with Crippen molar-refractivity contribution >= 4 is 34.8 Å². The summed E-state index contributed by atoms with van der Waals surface area (Å²) in [4.78, 5) is 0. The predicted molar refractivity (Wildman–Crippen MR) is 62.3 cm³/mol. The molecule has 0 aliphatic rings. The van der Waals surface area contributed by atoms with Crippen LogP contribution in [0.4, 0.5) is 13.2 Å². The second kappa shape index (κ2) is 5.55. The van der Waals surface area contributed by atoms with Gasteiger partial charge in [0.25, 0.3) is 0 Å². The van der Waals surface area contributed by atoms with E-state index in [1.807, 2.05) is 0 Å². The maximum Gasteiger partial charge on any atom is 0.390 e. The molecule has 1 nitrogen and oxygen atoms in total. The lowest BCUT2D eigenvalue weighted by atomic mass is 10.1. The van der Waals surface area contributed by atoms with Crippen LogP contribution in [0.1, 0.15) is 17.4 Å². The average Bonchev–Trinajstić information content (AvgIpc) is 2.18. The Kier molecular flexibility index (Phi) is 4.81. The van der Waals surface area contributed by atoms with Gasteiger partial charge in [0.05, 0.1) is 23.9 Å². The number of halogens is 6. The summed E-state index contributed by atoms with van der Waals surface area (Å²) in [5.41, 5.74) is 0.136. The Labute approximate surface area is 111 Å². The number of rotatable bonds is 3. The second-order valence-corrected chi connectivity index (χ2v) is 4.64. The molecule has 7 heteroatoms. The summed E-state index contributed by atoms with van der Waals surface area (Å²) in [6, 6.07) is 2.62. The molecule has 0 saturated heterocycles. The van der Waals surface area contributed by atoms with Crippen molar-refractivity contribution < 1.29 is 17.9 Å². The number of hydrogen-bond donors (Lipinski definition) is 0. The highest BCUT2D eigenvalue weighted by Gasteiger charge is 2.32. The molecule has 0 radical (unpaired) electrons. The third kappa shape index (κ3) is 4.12. The van der Waals surface area contributed by atoms with Crippen LogP contribution in [-0.4, -0.2) is 13.3 Å². The van der Waals surface area contributed by atoms with Gasteiger partial charge in [0.1, 0.15) is 5.75 Å². The molecule has 1 aromatic rings. The van der Waals surface area contributed by atoms with Crippen molar-refractivity contribution in [2.75, 3.05) is 7.11 Å². The van der Waals surface area contributed by atoms with Crippen molar-refractivity contribution in [2.45, 2.75) is 18.0 Å². The molecule has 96 valence electrons. The first-order valence-corrected chi connectivity index (χ1v) is 5.67. The Bertz CT molecular complexity index is 407. The van der Waals surface area contributed by atoms with E-state index in [4.69, 9.17) is 39.5 Å². The van der Waals surface area contributed by atoms with Crippen molar-refractivity contribution in [1.82, 2.24) is 0 Å². The molecule has 0 fully saturated rings. The molecule has 0 aliphatic carbocycles. The highest BCUT2D eigenvalue weighted by molar-refractivity contribution is 6.35. The fraction of sp³-hybridized carbons (Fsp3) is 0.400. The van der Waals surface area contributed by atoms with E-state index in [2.05, 4.69) is 0 Å². The molecule has 1 atom stereocenters. The van der Waals surface area contributed by atoms with Gasteiger partial charge in [0.15, 0.2) is 0 Å². The first kappa shape index (κ1) is 14.7. The quantitative estimate of drug-likeness (QED) is 0.694. The topological polar surface area (TPSA) is 9.23 Å². The highest BCUT2D eigenvalue weighted by Crippen LogP contribution is 2.40.